The molecule has 6 rings (SSSR count). The number of hydrogen-bond acceptors (Lipinski definition) is 4. The minimum absolute atomic E-state index is 0.0225. The number of anilines is 2. The molecule has 0 heterocycles. The fraction of sp³-hybridized carbons (Fsp3) is 0.286. The molecule has 0 spiro atoms. The standard InChI is InChI=1S/C42H40F6N2O2/c1-2-3-4-27-5-7-28(8-6-27)29-21-23-40(24-22-29,30-9-15-34(16-10-30)51-38-19-13-32(49)25-36(38)41(43,44)45)31-11-17-35(18-12-31)52-39-20-14-33(50)26-37(39)42(46,47)48/h5-20,25-26,29H,2-4,21-24,49-50H2,1H3. The van der Waals surface area contributed by atoms with Gasteiger partial charge in [0, 0.05) is 16.8 Å². The third kappa shape index (κ3) is 8.16. The van der Waals surface area contributed by atoms with Gasteiger partial charge in [-0.05, 0) is 127 Å². The zero-order chi connectivity index (χ0) is 37.1. The van der Waals surface area contributed by atoms with E-state index in [1.165, 1.54) is 35.4 Å². The van der Waals surface area contributed by atoms with Crippen molar-refractivity contribution in [3.8, 4) is 23.0 Å². The molecule has 0 radical (unpaired) electrons. The van der Waals surface area contributed by atoms with Gasteiger partial charge in [0.05, 0.1) is 0 Å². The second kappa shape index (κ2) is 14.9. The average Bonchev–Trinajstić information content (AvgIpc) is 3.12. The Labute approximate surface area is 299 Å². The maximum Gasteiger partial charge on any atom is 0.420 e. The molecule has 0 atom stereocenters. The molecule has 1 saturated carbocycles. The van der Waals surface area contributed by atoms with Gasteiger partial charge < -0.3 is 20.9 Å². The van der Waals surface area contributed by atoms with E-state index in [1.54, 1.807) is 24.3 Å². The van der Waals surface area contributed by atoms with Crippen LogP contribution in [0.3, 0.4) is 0 Å². The van der Waals surface area contributed by atoms with Crippen molar-refractivity contribution in [2.45, 2.75) is 75.6 Å². The van der Waals surface area contributed by atoms with Gasteiger partial charge in [-0.15, -0.1) is 0 Å². The van der Waals surface area contributed by atoms with Gasteiger partial charge in [0.25, 0.3) is 0 Å². The summed E-state index contributed by atoms with van der Waals surface area (Å²) in [6.45, 7) is 2.18. The maximum atomic E-state index is 13.7. The summed E-state index contributed by atoms with van der Waals surface area (Å²) < 4.78 is 93.9. The van der Waals surface area contributed by atoms with Crippen molar-refractivity contribution in [1.82, 2.24) is 0 Å². The third-order valence-corrected chi connectivity index (χ3v) is 10.00. The molecule has 272 valence electrons. The SMILES string of the molecule is CCCCc1ccc(C2CCC(c3ccc(Oc4ccc(N)cc4C(F)(F)F)cc3)(c3ccc(Oc4ccc(N)cc4C(F)(F)F)cc3)CC2)cc1. The van der Waals surface area contributed by atoms with E-state index in [-0.39, 0.29) is 34.4 Å². The van der Waals surface area contributed by atoms with Crippen LogP contribution in [0.15, 0.2) is 109 Å². The first kappa shape index (κ1) is 36.7. The van der Waals surface area contributed by atoms with Crippen LogP contribution in [-0.2, 0) is 24.2 Å². The molecule has 5 aromatic rings. The van der Waals surface area contributed by atoms with Gasteiger partial charge in [-0.2, -0.15) is 26.3 Å². The monoisotopic (exact) mass is 718 g/mol. The van der Waals surface area contributed by atoms with Gasteiger partial charge in [0.1, 0.15) is 34.1 Å². The number of nitrogens with two attached hydrogens (primary N) is 2. The lowest BCUT2D eigenvalue weighted by atomic mass is 9.62. The number of unbranched alkanes of at least 4 members (excludes halogenated alkanes) is 1. The molecule has 0 amide bonds. The van der Waals surface area contributed by atoms with E-state index in [1.807, 2.05) is 24.3 Å². The first-order valence-electron chi connectivity index (χ1n) is 17.3. The van der Waals surface area contributed by atoms with Crippen LogP contribution in [0.4, 0.5) is 37.7 Å². The van der Waals surface area contributed by atoms with E-state index in [0.29, 0.717) is 5.92 Å². The molecular formula is C42H40F6N2O2. The van der Waals surface area contributed by atoms with Crippen molar-refractivity contribution in [1.29, 1.82) is 0 Å². The Bertz CT molecular complexity index is 1850. The van der Waals surface area contributed by atoms with Crippen LogP contribution in [0, 0.1) is 0 Å². The van der Waals surface area contributed by atoms with Crippen molar-refractivity contribution in [3.63, 3.8) is 0 Å². The largest absolute Gasteiger partial charge is 0.457 e. The van der Waals surface area contributed by atoms with Gasteiger partial charge in [0.15, 0.2) is 0 Å². The Morgan fingerprint density at radius 3 is 1.46 bits per heavy atom. The van der Waals surface area contributed by atoms with Gasteiger partial charge in [0.2, 0.25) is 0 Å². The Balaban J connectivity index is 1.29. The highest BCUT2D eigenvalue weighted by molar-refractivity contribution is 5.53. The van der Waals surface area contributed by atoms with E-state index in [2.05, 4.69) is 31.2 Å². The molecule has 1 aliphatic rings. The number of ether oxygens (including phenoxy) is 2. The molecular weight excluding hydrogens is 678 g/mol. The average molecular weight is 719 g/mol. The normalized spacial score (nSPS) is 15.0. The number of alkyl halides is 6. The van der Waals surface area contributed by atoms with Crippen molar-refractivity contribution < 1.29 is 35.8 Å². The van der Waals surface area contributed by atoms with E-state index in [9.17, 15) is 26.3 Å². The van der Waals surface area contributed by atoms with E-state index >= 15 is 0 Å². The lowest BCUT2D eigenvalue weighted by Crippen LogP contribution is -2.32. The Morgan fingerprint density at radius 1 is 0.615 bits per heavy atom. The quantitative estimate of drug-likeness (QED) is 0.111. The summed E-state index contributed by atoms with van der Waals surface area (Å²) in [5.74, 6) is 0.111. The van der Waals surface area contributed by atoms with Gasteiger partial charge in [-0.1, -0.05) is 61.9 Å². The molecule has 0 unspecified atom stereocenters. The Morgan fingerprint density at radius 2 is 1.06 bits per heavy atom. The second-order valence-corrected chi connectivity index (χ2v) is 13.5. The number of hydrogen-bond donors (Lipinski definition) is 2. The lowest BCUT2D eigenvalue weighted by Gasteiger charge is -2.41. The number of aryl methyl sites for hydroxylation is 1. The number of rotatable bonds is 10. The molecule has 4 N–H and O–H groups in total. The number of halogens is 6. The predicted octanol–water partition coefficient (Wildman–Crippen LogP) is 12.5. The highest BCUT2D eigenvalue weighted by Crippen LogP contribution is 2.50. The van der Waals surface area contributed by atoms with E-state index < -0.39 is 28.9 Å². The molecule has 1 fully saturated rings. The minimum atomic E-state index is -4.65. The molecule has 4 nitrogen and oxygen atoms in total. The molecule has 0 aromatic heterocycles. The smallest absolute Gasteiger partial charge is 0.420 e. The van der Waals surface area contributed by atoms with Gasteiger partial charge in [-0.25, -0.2) is 0 Å². The predicted molar refractivity (Wildman–Crippen MR) is 192 cm³/mol. The van der Waals surface area contributed by atoms with Crippen molar-refractivity contribution in [3.05, 3.63) is 143 Å². The highest BCUT2D eigenvalue weighted by atomic mass is 19.4. The summed E-state index contributed by atoms with van der Waals surface area (Å²) in [4.78, 5) is 0. The van der Waals surface area contributed by atoms with Crippen molar-refractivity contribution in [2.75, 3.05) is 11.5 Å². The fourth-order valence-corrected chi connectivity index (χ4v) is 7.18. The molecule has 0 saturated heterocycles. The zero-order valence-electron chi connectivity index (χ0n) is 28.7. The number of benzene rings is 5. The van der Waals surface area contributed by atoms with Crippen LogP contribution in [-0.4, -0.2) is 0 Å². The van der Waals surface area contributed by atoms with Crippen LogP contribution in [0.25, 0.3) is 0 Å². The fourth-order valence-electron chi connectivity index (χ4n) is 7.18. The minimum Gasteiger partial charge on any atom is -0.457 e. The summed E-state index contributed by atoms with van der Waals surface area (Å²) >= 11 is 0. The maximum absolute atomic E-state index is 13.7. The van der Waals surface area contributed by atoms with Crippen LogP contribution in [0.1, 0.15) is 84.7 Å². The molecule has 10 heteroatoms. The first-order valence-corrected chi connectivity index (χ1v) is 17.3. The van der Waals surface area contributed by atoms with Crippen molar-refractivity contribution in [2.24, 2.45) is 0 Å². The summed E-state index contributed by atoms with van der Waals surface area (Å²) in [5, 5.41) is 0. The molecule has 0 bridgehead atoms. The summed E-state index contributed by atoms with van der Waals surface area (Å²) in [6.07, 6.45) is -2.68. The summed E-state index contributed by atoms with van der Waals surface area (Å²) in [7, 11) is 0. The Hall–Kier alpha value is -5.12. The Kier molecular flexibility index (Phi) is 10.5. The lowest BCUT2D eigenvalue weighted by molar-refractivity contribution is -0.139. The van der Waals surface area contributed by atoms with E-state index in [4.69, 9.17) is 20.9 Å². The van der Waals surface area contributed by atoms with Gasteiger partial charge >= 0.3 is 12.4 Å². The molecule has 0 aliphatic heterocycles. The third-order valence-electron chi connectivity index (χ3n) is 10.00. The summed E-state index contributed by atoms with van der Waals surface area (Å²) in [5.41, 5.74) is 13.3. The molecule has 1 aliphatic carbocycles. The zero-order valence-corrected chi connectivity index (χ0v) is 28.7. The topological polar surface area (TPSA) is 70.5 Å². The molecule has 5 aromatic carbocycles. The number of nitrogen functional groups attached to an aromatic ring is 2. The van der Waals surface area contributed by atoms with E-state index in [0.717, 1.165) is 68.2 Å². The van der Waals surface area contributed by atoms with Crippen LogP contribution in [0.5, 0.6) is 23.0 Å². The van der Waals surface area contributed by atoms with Gasteiger partial charge in [-0.3, -0.25) is 0 Å². The van der Waals surface area contributed by atoms with Crippen LogP contribution >= 0.6 is 0 Å². The second-order valence-electron chi connectivity index (χ2n) is 13.5. The van der Waals surface area contributed by atoms with Crippen molar-refractivity contribution >= 4 is 11.4 Å². The van der Waals surface area contributed by atoms with Crippen LogP contribution < -0.4 is 20.9 Å². The highest BCUT2D eigenvalue weighted by Gasteiger charge is 2.40. The molecule has 52 heavy (non-hydrogen) atoms. The summed E-state index contributed by atoms with van der Waals surface area (Å²) in [6, 6.07) is 29.8. The van der Waals surface area contributed by atoms with Crippen LogP contribution in [0.2, 0.25) is 0 Å². The first-order chi connectivity index (χ1) is 24.7.